The SMILES string of the molecule is O=P(O)(O)O.[BaH2].[InH3]. The summed E-state index contributed by atoms with van der Waals surface area (Å²) in [5.41, 5.74) is 0. The van der Waals surface area contributed by atoms with Crippen molar-refractivity contribution in [3.8, 4) is 0 Å². The quantitative estimate of drug-likeness (QED) is 0.319. The van der Waals surface area contributed by atoms with Crippen molar-refractivity contribution in [2.24, 2.45) is 0 Å². The molecule has 0 aliphatic heterocycles. The van der Waals surface area contributed by atoms with E-state index in [9.17, 15) is 0 Å². The average molecular weight is 355 g/mol. The van der Waals surface area contributed by atoms with Crippen LogP contribution in [0.1, 0.15) is 0 Å². The number of hydrogen-bond donors (Lipinski definition) is 3. The molecule has 0 aliphatic rings. The van der Waals surface area contributed by atoms with Crippen LogP contribution >= 0.6 is 7.82 Å². The van der Waals surface area contributed by atoms with E-state index in [1.165, 1.54) is 0 Å². The van der Waals surface area contributed by atoms with Gasteiger partial charge in [-0.05, 0) is 0 Å². The molecule has 0 heterocycles. The standard InChI is InChI=1S/Ba.In.H3O4P.5H/c;;1-5(2,3)4;;;;;/h;;(H3,1,2,3,4);;;;;. The van der Waals surface area contributed by atoms with Gasteiger partial charge in [0.2, 0.25) is 0 Å². The molecule has 0 aromatic rings. The normalized spacial score (nSPS) is 8.43. The van der Waals surface area contributed by atoms with Gasteiger partial charge < -0.3 is 14.7 Å². The Labute approximate surface area is 99.8 Å². The van der Waals surface area contributed by atoms with Gasteiger partial charge in [-0.3, -0.25) is 0 Å². The maximum atomic E-state index is 8.88. The predicted molar refractivity (Wildman–Crippen MR) is 32.7 cm³/mol. The second kappa shape index (κ2) is 6.67. The molecule has 0 aliphatic carbocycles. The molecule has 0 aromatic heterocycles. The Hall–Kier alpha value is 2.55. The van der Waals surface area contributed by atoms with Gasteiger partial charge in [0.15, 0.2) is 0 Å². The molecule has 0 unspecified atom stereocenters. The van der Waals surface area contributed by atoms with Gasteiger partial charge >= 0.3 is 82.5 Å². The second-order valence-electron chi connectivity index (χ2n) is 0.513. The zero-order valence-electron chi connectivity index (χ0n) is 2.20. The summed E-state index contributed by atoms with van der Waals surface area (Å²) in [5.74, 6) is 0. The van der Waals surface area contributed by atoms with Crippen LogP contribution in [0.4, 0.5) is 0 Å². The predicted octanol–water partition coefficient (Wildman–Crippen LogP) is -3.03. The number of hydrogen-bond acceptors (Lipinski definition) is 1. The molecule has 0 amide bonds. The molecule has 0 fully saturated rings. The molecular weight excluding hydrogens is 347 g/mol. The van der Waals surface area contributed by atoms with E-state index in [1.54, 1.807) is 0 Å². The van der Waals surface area contributed by atoms with Crippen molar-refractivity contribution >= 4 is 82.5 Å². The van der Waals surface area contributed by atoms with Crippen LogP contribution in [0.3, 0.4) is 0 Å². The summed E-state index contributed by atoms with van der Waals surface area (Å²) in [6.07, 6.45) is 0. The van der Waals surface area contributed by atoms with Crippen LogP contribution in [0.15, 0.2) is 0 Å². The van der Waals surface area contributed by atoms with Gasteiger partial charge in [-0.25, -0.2) is 4.57 Å². The third-order valence-corrected chi connectivity index (χ3v) is 0. The number of phosphoric acid groups is 1. The molecule has 42 valence electrons. The van der Waals surface area contributed by atoms with Crippen molar-refractivity contribution in [1.82, 2.24) is 0 Å². The van der Waals surface area contributed by atoms with E-state index in [0.717, 1.165) is 0 Å². The van der Waals surface area contributed by atoms with Gasteiger partial charge in [-0.15, -0.1) is 0 Å². The van der Waals surface area contributed by atoms with Crippen LogP contribution in [-0.2, 0) is 4.57 Å². The monoisotopic (exact) mass is 356 g/mol. The summed E-state index contributed by atoms with van der Waals surface area (Å²) >= 11 is 0. The molecule has 3 N–H and O–H groups in total. The Morgan fingerprint density at radius 3 is 1.14 bits per heavy atom. The second-order valence-corrected chi connectivity index (χ2v) is 1.54. The molecule has 0 atom stereocenters. The molecular formula is H8BaInO4P. The Bertz CT molecular complexity index is 57.8. The Morgan fingerprint density at radius 2 is 1.14 bits per heavy atom. The fourth-order valence-electron chi connectivity index (χ4n) is 0. The van der Waals surface area contributed by atoms with Crippen molar-refractivity contribution in [3.63, 3.8) is 0 Å². The Balaban J connectivity index is -0.0000000800. The van der Waals surface area contributed by atoms with E-state index in [0.29, 0.717) is 0 Å². The molecule has 0 spiro atoms. The van der Waals surface area contributed by atoms with Gasteiger partial charge in [0.25, 0.3) is 0 Å². The summed E-state index contributed by atoms with van der Waals surface area (Å²) in [4.78, 5) is 21.6. The van der Waals surface area contributed by atoms with Crippen molar-refractivity contribution in [1.29, 1.82) is 0 Å². The third-order valence-electron chi connectivity index (χ3n) is 0. The molecule has 0 radical (unpaired) electrons. The minimum atomic E-state index is -4.64. The summed E-state index contributed by atoms with van der Waals surface area (Å²) in [6.45, 7) is 0. The van der Waals surface area contributed by atoms with Crippen LogP contribution in [0.5, 0.6) is 0 Å². The van der Waals surface area contributed by atoms with E-state index >= 15 is 0 Å². The molecule has 7 heteroatoms. The average Bonchev–Trinajstić information content (AvgIpc) is 0.722. The van der Waals surface area contributed by atoms with Gasteiger partial charge in [-0.2, -0.15) is 0 Å². The Kier molecular flexibility index (Phi) is 15.5. The summed E-state index contributed by atoms with van der Waals surface area (Å²) in [6, 6.07) is 0. The van der Waals surface area contributed by atoms with E-state index in [1.807, 2.05) is 0 Å². The minimum absolute atomic E-state index is 0. The van der Waals surface area contributed by atoms with Crippen LogP contribution < -0.4 is 0 Å². The van der Waals surface area contributed by atoms with Crippen molar-refractivity contribution in [2.45, 2.75) is 0 Å². The molecule has 0 bridgehead atoms. The topological polar surface area (TPSA) is 77.8 Å². The molecule has 0 saturated heterocycles. The summed E-state index contributed by atoms with van der Waals surface area (Å²) in [7, 11) is -4.64. The van der Waals surface area contributed by atoms with Gasteiger partial charge in [0, 0.05) is 0 Å². The van der Waals surface area contributed by atoms with Crippen molar-refractivity contribution in [2.75, 3.05) is 0 Å². The Morgan fingerprint density at radius 1 is 1.14 bits per heavy atom. The van der Waals surface area contributed by atoms with Gasteiger partial charge in [-0.1, -0.05) is 0 Å². The molecule has 7 heavy (non-hydrogen) atoms. The van der Waals surface area contributed by atoms with Crippen LogP contribution in [0.2, 0.25) is 0 Å². The van der Waals surface area contributed by atoms with Gasteiger partial charge in [0.1, 0.15) is 0 Å². The first-order chi connectivity index (χ1) is 2.00. The van der Waals surface area contributed by atoms with Gasteiger partial charge in [0.05, 0.1) is 0 Å². The fraction of sp³-hybridized carbons (Fsp3) is 0. The first-order valence-corrected chi connectivity index (χ1v) is 2.35. The van der Waals surface area contributed by atoms with E-state index in [2.05, 4.69) is 0 Å². The molecule has 0 saturated carbocycles. The zero-order chi connectivity index (χ0) is 4.50. The van der Waals surface area contributed by atoms with E-state index in [-0.39, 0.29) is 74.7 Å². The number of rotatable bonds is 0. The first kappa shape index (κ1) is 16.3. The zero-order valence-corrected chi connectivity index (χ0v) is 3.09. The van der Waals surface area contributed by atoms with Crippen molar-refractivity contribution < 1.29 is 19.2 Å². The first-order valence-electron chi connectivity index (χ1n) is 0.783. The summed E-state index contributed by atoms with van der Waals surface area (Å²) in [5, 5.41) is 0. The third kappa shape index (κ3) is 56.4. The molecule has 0 rings (SSSR count). The van der Waals surface area contributed by atoms with Crippen molar-refractivity contribution in [3.05, 3.63) is 0 Å². The van der Waals surface area contributed by atoms with E-state index in [4.69, 9.17) is 19.2 Å². The molecule has 0 aromatic carbocycles. The molecule has 4 nitrogen and oxygen atoms in total. The fourth-order valence-corrected chi connectivity index (χ4v) is 0. The van der Waals surface area contributed by atoms with Crippen LogP contribution in [-0.4, -0.2) is 89.4 Å². The summed E-state index contributed by atoms with van der Waals surface area (Å²) < 4.78 is 8.88. The maximum absolute atomic E-state index is 8.88. The van der Waals surface area contributed by atoms with E-state index < -0.39 is 7.82 Å². The van der Waals surface area contributed by atoms with Crippen LogP contribution in [0, 0.1) is 0 Å². The van der Waals surface area contributed by atoms with Crippen LogP contribution in [0.25, 0.3) is 0 Å².